The first-order valence-corrected chi connectivity index (χ1v) is 6.40. The molecule has 19 heavy (non-hydrogen) atoms. The summed E-state index contributed by atoms with van der Waals surface area (Å²) >= 11 is 0. The van der Waals surface area contributed by atoms with Crippen LogP contribution in [0.25, 0.3) is 0 Å². The zero-order valence-corrected chi connectivity index (χ0v) is 11.4. The van der Waals surface area contributed by atoms with Crippen molar-refractivity contribution in [2.45, 2.75) is 45.1 Å². The summed E-state index contributed by atoms with van der Waals surface area (Å²) in [5, 5.41) is 0. The van der Waals surface area contributed by atoms with Crippen LogP contribution in [0.15, 0.2) is 29.1 Å². The number of hydrogen-bond acceptors (Lipinski definition) is 4. The molecule has 102 valence electrons. The maximum atomic E-state index is 11.8. The van der Waals surface area contributed by atoms with Gasteiger partial charge in [-0.3, -0.25) is 4.79 Å². The van der Waals surface area contributed by atoms with Crippen molar-refractivity contribution < 1.29 is 14.3 Å². The maximum absolute atomic E-state index is 11.8. The first-order chi connectivity index (χ1) is 8.85. The van der Waals surface area contributed by atoms with Crippen LogP contribution in [-0.2, 0) is 4.74 Å². The van der Waals surface area contributed by atoms with Crippen LogP contribution in [0.2, 0.25) is 0 Å². The van der Waals surface area contributed by atoms with E-state index < -0.39 is 11.8 Å². The average molecular weight is 262 g/mol. The van der Waals surface area contributed by atoms with Crippen molar-refractivity contribution in [3.8, 4) is 5.75 Å². The molecule has 0 aliphatic heterocycles. The lowest BCUT2D eigenvalue weighted by Crippen LogP contribution is -2.27. The highest BCUT2D eigenvalue weighted by Gasteiger charge is 2.24. The highest BCUT2D eigenvalue weighted by molar-refractivity contribution is 5.64. The van der Waals surface area contributed by atoms with E-state index in [1.807, 2.05) is 6.07 Å². The molecule has 0 atom stereocenters. The van der Waals surface area contributed by atoms with E-state index in [9.17, 15) is 9.59 Å². The second-order valence-corrected chi connectivity index (χ2v) is 5.74. The zero-order valence-electron chi connectivity index (χ0n) is 11.4. The van der Waals surface area contributed by atoms with Gasteiger partial charge in [-0.2, -0.15) is 0 Å². The van der Waals surface area contributed by atoms with Gasteiger partial charge in [-0.1, -0.05) is 12.1 Å². The minimum Gasteiger partial charge on any atom is -0.428 e. The quantitative estimate of drug-likeness (QED) is 0.768. The molecule has 0 heterocycles. The summed E-state index contributed by atoms with van der Waals surface area (Å²) in [6, 6.07) is 6.62. The van der Waals surface area contributed by atoms with Gasteiger partial charge in [0.25, 0.3) is 0 Å². The molecule has 0 amide bonds. The van der Waals surface area contributed by atoms with E-state index in [2.05, 4.69) is 0 Å². The minimum absolute atomic E-state index is 0.0288. The second-order valence-electron chi connectivity index (χ2n) is 5.74. The van der Waals surface area contributed by atoms with E-state index in [0.717, 1.165) is 18.4 Å². The van der Waals surface area contributed by atoms with Gasteiger partial charge in [-0.15, -0.1) is 0 Å². The van der Waals surface area contributed by atoms with E-state index in [1.54, 1.807) is 32.9 Å². The Balaban J connectivity index is 2.20. The third kappa shape index (κ3) is 4.09. The first-order valence-electron chi connectivity index (χ1n) is 6.40. The third-order valence-corrected chi connectivity index (χ3v) is 2.71. The maximum Gasteiger partial charge on any atom is 0.514 e. The predicted octanol–water partition coefficient (Wildman–Crippen LogP) is 3.24. The molecule has 4 heteroatoms. The lowest BCUT2D eigenvalue weighted by Gasteiger charge is -2.18. The summed E-state index contributed by atoms with van der Waals surface area (Å²) in [5.41, 5.74) is 0.0644. The normalized spacial score (nSPS) is 14.9. The zero-order chi connectivity index (χ0) is 14.0. The van der Waals surface area contributed by atoms with Crippen LogP contribution >= 0.6 is 0 Å². The van der Waals surface area contributed by atoms with E-state index in [-0.39, 0.29) is 11.2 Å². The van der Waals surface area contributed by atoms with Gasteiger partial charge in [-0.05, 0) is 57.2 Å². The fourth-order valence-corrected chi connectivity index (χ4v) is 1.71. The summed E-state index contributed by atoms with van der Waals surface area (Å²) in [6.07, 6.45) is 1.38. The van der Waals surface area contributed by atoms with Crippen LogP contribution in [0.4, 0.5) is 4.79 Å². The smallest absolute Gasteiger partial charge is 0.428 e. The Kier molecular flexibility index (Phi) is 3.60. The molecule has 0 saturated heterocycles. The fourth-order valence-electron chi connectivity index (χ4n) is 1.71. The summed E-state index contributed by atoms with van der Waals surface area (Å²) in [6.45, 7) is 5.23. The molecular formula is C15H18O4. The van der Waals surface area contributed by atoms with Gasteiger partial charge in [0, 0.05) is 0 Å². The van der Waals surface area contributed by atoms with Crippen LogP contribution in [-0.4, -0.2) is 11.8 Å². The number of rotatable bonds is 2. The minimum atomic E-state index is -0.849. The molecule has 1 aromatic rings. The molecule has 1 aromatic carbocycles. The Morgan fingerprint density at radius 2 is 1.95 bits per heavy atom. The Labute approximate surface area is 112 Å². The van der Waals surface area contributed by atoms with E-state index in [1.165, 1.54) is 6.07 Å². The predicted molar refractivity (Wildman–Crippen MR) is 71.5 cm³/mol. The van der Waals surface area contributed by atoms with Crippen molar-refractivity contribution >= 4 is 6.16 Å². The van der Waals surface area contributed by atoms with Crippen LogP contribution in [0.3, 0.4) is 0 Å². The summed E-state index contributed by atoms with van der Waals surface area (Å²) < 4.78 is 10.1. The molecule has 0 spiro atoms. The number of hydrogen-bond donors (Lipinski definition) is 0. The average Bonchev–Trinajstić information content (AvgIpc) is 3.05. The Bertz CT molecular complexity index is 539. The van der Waals surface area contributed by atoms with Crippen molar-refractivity contribution in [1.29, 1.82) is 0 Å². The molecule has 0 bridgehead atoms. The molecule has 1 aliphatic carbocycles. The summed E-state index contributed by atoms with van der Waals surface area (Å²) in [5.74, 6) is 0.508. The molecule has 1 saturated carbocycles. The molecule has 1 fully saturated rings. The molecule has 0 aromatic heterocycles. The number of ether oxygens (including phenoxy) is 2. The van der Waals surface area contributed by atoms with Gasteiger partial charge in [0.15, 0.2) is 5.75 Å². The monoisotopic (exact) mass is 262 g/mol. The van der Waals surface area contributed by atoms with Gasteiger partial charge >= 0.3 is 6.16 Å². The molecule has 0 radical (unpaired) electrons. The Morgan fingerprint density at radius 1 is 1.26 bits per heavy atom. The second kappa shape index (κ2) is 5.03. The standard InChI is InChI=1S/C15H18O4/c1-15(2,3)19-14(17)18-13-9-11(10-7-8-10)5-4-6-12(13)16/h4-6,9-10H,7-8H2,1-3H3. The third-order valence-electron chi connectivity index (χ3n) is 2.71. The first kappa shape index (κ1) is 13.6. The van der Waals surface area contributed by atoms with E-state index >= 15 is 0 Å². The Hall–Kier alpha value is -1.84. The van der Waals surface area contributed by atoms with Crippen LogP contribution in [0, 0.1) is 0 Å². The Morgan fingerprint density at radius 3 is 2.53 bits per heavy atom. The molecule has 1 aliphatic rings. The molecule has 2 rings (SSSR count). The van der Waals surface area contributed by atoms with Crippen molar-refractivity contribution in [3.63, 3.8) is 0 Å². The van der Waals surface area contributed by atoms with Gasteiger partial charge in [0.1, 0.15) is 5.60 Å². The SMILES string of the molecule is CC(C)(C)OC(=O)Oc1cc(C2CC2)cccc1=O. The van der Waals surface area contributed by atoms with Gasteiger partial charge in [0.05, 0.1) is 0 Å². The van der Waals surface area contributed by atoms with Gasteiger partial charge < -0.3 is 9.47 Å². The summed E-state index contributed by atoms with van der Waals surface area (Å²) in [7, 11) is 0. The van der Waals surface area contributed by atoms with E-state index in [4.69, 9.17) is 9.47 Å². The number of carbonyl (C=O) groups excluding carboxylic acids is 1. The molecular weight excluding hydrogens is 244 g/mol. The molecule has 4 nitrogen and oxygen atoms in total. The molecule has 0 N–H and O–H groups in total. The fraction of sp³-hybridized carbons (Fsp3) is 0.467. The van der Waals surface area contributed by atoms with Crippen LogP contribution in [0.1, 0.15) is 45.1 Å². The topological polar surface area (TPSA) is 52.6 Å². The largest absolute Gasteiger partial charge is 0.514 e. The summed E-state index contributed by atoms with van der Waals surface area (Å²) in [4.78, 5) is 23.4. The lowest BCUT2D eigenvalue weighted by atomic mass is 10.2. The highest BCUT2D eigenvalue weighted by atomic mass is 16.7. The van der Waals surface area contributed by atoms with Crippen molar-refractivity contribution in [2.75, 3.05) is 0 Å². The van der Waals surface area contributed by atoms with Gasteiger partial charge in [-0.25, -0.2) is 4.79 Å². The van der Waals surface area contributed by atoms with Crippen molar-refractivity contribution in [2.24, 2.45) is 0 Å². The van der Waals surface area contributed by atoms with Crippen molar-refractivity contribution in [1.82, 2.24) is 0 Å². The highest BCUT2D eigenvalue weighted by Crippen LogP contribution is 2.40. The van der Waals surface area contributed by atoms with Crippen molar-refractivity contribution in [3.05, 3.63) is 40.1 Å². The van der Waals surface area contributed by atoms with Crippen LogP contribution < -0.4 is 10.2 Å². The number of carbonyl (C=O) groups is 1. The molecule has 0 unspecified atom stereocenters. The van der Waals surface area contributed by atoms with Crippen LogP contribution in [0.5, 0.6) is 5.75 Å². The van der Waals surface area contributed by atoms with Gasteiger partial charge in [0.2, 0.25) is 5.43 Å². The lowest BCUT2D eigenvalue weighted by molar-refractivity contribution is 0.0204. The van der Waals surface area contributed by atoms with E-state index in [0.29, 0.717) is 5.92 Å².